The summed E-state index contributed by atoms with van der Waals surface area (Å²) in [7, 11) is 0. The SMILES string of the molecule is CC(Oc1cc(-c2cnn(C3CCN(CCCCCN4CC(Nc5cccc6c5C(=O)N(C5CCC(=O)NC5=O)C6=O)C4)CC3)c2)cnc1N)c1c(Cl)ccc(F)c1Cl. The predicted octanol–water partition coefficient (Wildman–Crippen LogP) is 6.12. The van der Waals surface area contributed by atoms with Crippen molar-refractivity contribution in [2.45, 2.75) is 76.1 Å². The molecule has 0 radical (unpaired) electrons. The van der Waals surface area contributed by atoms with Crippen molar-refractivity contribution in [1.82, 2.24) is 34.8 Å². The van der Waals surface area contributed by atoms with Crippen LogP contribution >= 0.6 is 23.2 Å². The van der Waals surface area contributed by atoms with Crippen LogP contribution in [0.3, 0.4) is 0 Å². The highest BCUT2D eigenvalue weighted by Crippen LogP contribution is 2.38. The Hall–Kier alpha value is -5.09. The Kier molecular flexibility index (Phi) is 11.9. The van der Waals surface area contributed by atoms with Gasteiger partial charge in [-0.25, -0.2) is 9.37 Å². The third kappa shape index (κ3) is 8.51. The Morgan fingerprint density at radius 2 is 1.73 bits per heavy atom. The largest absolute Gasteiger partial charge is 0.482 e. The summed E-state index contributed by atoms with van der Waals surface area (Å²) >= 11 is 12.5. The van der Waals surface area contributed by atoms with Gasteiger partial charge < -0.3 is 20.7 Å². The Morgan fingerprint density at radius 1 is 0.966 bits per heavy atom. The smallest absolute Gasteiger partial charge is 0.264 e. The van der Waals surface area contributed by atoms with Crippen molar-refractivity contribution in [2.24, 2.45) is 0 Å². The third-order valence-electron chi connectivity index (χ3n) is 11.8. The maximum absolute atomic E-state index is 14.1. The number of anilines is 2. The lowest BCUT2D eigenvalue weighted by atomic mass is 10.0. The van der Waals surface area contributed by atoms with Crippen LogP contribution in [-0.4, -0.2) is 104 Å². The molecule has 6 heterocycles. The molecule has 0 saturated carbocycles. The number of fused-ring (bicyclic) bond motifs is 1. The molecule has 310 valence electrons. The molecule has 0 spiro atoms. The minimum absolute atomic E-state index is 0.0856. The van der Waals surface area contributed by atoms with Gasteiger partial charge in [-0.15, -0.1) is 0 Å². The van der Waals surface area contributed by atoms with Gasteiger partial charge in [0.05, 0.1) is 34.4 Å². The summed E-state index contributed by atoms with van der Waals surface area (Å²) in [5.74, 6) is -2.06. The summed E-state index contributed by atoms with van der Waals surface area (Å²) < 4.78 is 22.3. The van der Waals surface area contributed by atoms with Crippen molar-refractivity contribution in [3.8, 4) is 16.9 Å². The molecular formula is C42H46Cl2FN9O5. The average Bonchev–Trinajstić information content (AvgIpc) is 3.79. The molecule has 0 aliphatic carbocycles. The fraction of sp³-hybridized carbons (Fsp3) is 0.429. The quantitative estimate of drug-likeness (QED) is 0.0761. The van der Waals surface area contributed by atoms with Crippen LogP contribution < -0.4 is 21.1 Å². The minimum Gasteiger partial charge on any atom is -0.482 e. The molecule has 2 atom stereocenters. The standard InChI is InChI=1S/C42H46Cl2FN9O5/c1-24(36-30(43)8-9-31(45)38(36)44)59-34-18-25(19-47-39(34)46)26-20-48-53(21-26)28-12-16-51(17-13-28)14-3-2-4-15-52-22-27(23-52)49-32-7-5-6-29-37(32)42(58)54(41(29)57)33-10-11-35(55)50-40(33)56/h5-9,18-21,24,27-28,33,49H,2-4,10-17,22-23H2,1H3,(H2,46,47)(H,50,55,56). The lowest BCUT2D eigenvalue weighted by Gasteiger charge is -2.40. The van der Waals surface area contributed by atoms with Crippen LogP contribution in [0, 0.1) is 5.82 Å². The second-order valence-corrected chi connectivity index (χ2v) is 16.5. The molecule has 8 rings (SSSR count). The molecule has 3 fully saturated rings. The summed E-state index contributed by atoms with van der Waals surface area (Å²) in [4.78, 5) is 60.9. The number of carbonyl (C=O) groups excluding carboxylic acids is 4. The zero-order chi connectivity index (χ0) is 41.4. The molecule has 14 nitrogen and oxygen atoms in total. The number of pyridine rings is 1. The van der Waals surface area contributed by atoms with Crippen molar-refractivity contribution >= 4 is 58.3 Å². The van der Waals surface area contributed by atoms with Crippen molar-refractivity contribution in [2.75, 3.05) is 50.3 Å². The van der Waals surface area contributed by atoms with Gasteiger partial charge in [0.25, 0.3) is 11.8 Å². The van der Waals surface area contributed by atoms with Crippen LogP contribution in [0.4, 0.5) is 15.9 Å². The molecule has 17 heteroatoms. The van der Waals surface area contributed by atoms with Gasteiger partial charge in [0, 0.05) is 72.4 Å². The van der Waals surface area contributed by atoms with E-state index in [1.807, 2.05) is 17.1 Å². The Bertz CT molecular complexity index is 2280. The third-order valence-corrected chi connectivity index (χ3v) is 12.5. The van der Waals surface area contributed by atoms with Gasteiger partial charge in [-0.2, -0.15) is 5.10 Å². The molecule has 4 aliphatic rings. The van der Waals surface area contributed by atoms with Gasteiger partial charge in [0.15, 0.2) is 11.6 Å². The topological polar surface area (TPSA) is 168 Å². The Labute approximate surface area is 351 Å². The van der Waals surface area contributed by atoms with Crippen LogP contribution in [-0.2, 0) is 9.59 Å². The van der Waals surface area contributed by atoms with E-state index in [0.29, 0.717) is 33.6 Å². The molecule has 0 bridgehead atoms. The second kappa shape index (κ2) is 17.3. The lowest BCUT2D eigenvalue weighted by Crippen LogP contribution is -2.55. The first-order valence-electron chi connectivity index (χ1n) is 20.1. The summed E-state index contributed by atoms with van der Waals surface area (Å²) in [5.41, 5.74) is 9.34. The number of nitrogen functional groups attached to an aromatic ring is 1. The predicted molar refractivity (Wildman–Crippen MR) is 221 cm³/mol. The maximum atomic E-state index is 14.1. The number of hydrogen-bond donors (Lipinski definition) is 3. The number of nitrogens with two attached hydrogens (primary N) is 1. The molecule has 4 amide bonds. The van der Waals surface area contributed by atoms with Crippen molar-refractivity contribution in [3.63, 3.8) is 0 Å². The first-order valence-corrected chi connectivity index (χ1v) is 20.9. The molecule has 4 N–H and O–H groups in total. The second-order valence-electron chi connectivity index (χ2n) is 15.7. The zero-order valence-electron chi connectivity index (χ0n) is 32.6. The van der Waals surface area contributed by atoms with E-state index < -0.39 is 41.6 Å². The van der Waals surface area contributed by atoms with E-state index in [1.54, 1.807) is 37.4 Å². The molecule has 2 aromatic heterocycles. The highest BCUT2D eigenvalue weighted by Gasteiger charge is 2.46. The molecule has 3 saturated heterocycles. The first-order chi connectivity index (χ1) is 28.4. The number of amides is 4. The van der Waals surface area contributed by atoms with Crippen molar-refractivity contribution in [1.29, 1.82) is 0 Å². The van der Waals surface area contributed by atoms with Crippen LogP contribution in [0.25, 0.3) is 11.1 Å². The molecule has 2 aromatic carbocycles. The van der Waals surface area contributed by atoms with E-state index in [0.717, 1.165) is 87.4 Å². The van der Waals surface area contributed by atoms with Crippen LogP contribution in [0.1, 0.15) is 90.3 Å². The number of benzene rings is 2. The highest BCUT2D eigenvalue weighted by molar-refractivity contribution is 6.36. The molecule has 4 aliphatic heterocycles. The zero-order valence-corrected chi connectivity index (χ0v) is 34.1. The number of halogens is 3. The van der Waals surface area contributed by atoms with Crippen LogP contribution in [0.5, 0.6) is 5.75 Å². The Morgan fingerprint density at radius 3 is 2.49 bits per heavy atom. The van der Waals surface area contributed by atoms with Gasteiger partial charge in [-0.05, 0) is 82.4 Å². The number of piperidine rings is 2. The van der Waals surface area contributed by atoms with Gasteiger partial charge in [-0.1, -0.05) is 35.7 Å². The van der Waals surface area contributed by atoms with E-state index in [1.165, 1.54) is 12.1 Å². The number of unbranched alkanes of at least 4 members (excludes halogenated alkanes) is 2. The number of aromatic nitrogens is 3. The van der Waals surface area contributed by atoms with E-state index in [4.69, 9.17) is 33.7 Å². The normalized spacial score (nSPS) is 19.8. The van der Waals surface area contributed by atoms with Gasteiger partial charge in [0.1, 0.15) is 18.0 Å². The highest BCUT2D eigenvalue weighted by atomic mass is 35.5. The maximum Gasteiger partial charge on any atom is 0.264 e. The Balaban J connectivity index is 0.742. The van der Waals surface area contributed by atoms with E-state index in [-0.39, 0.29) is 35.3 Å². The summed E-state index contributed by atoms with van der Waals surface area (Å²) in [6.45, 7) is 7.49. The summed E-state index contributed by atoms with van der Waals surface area (Å²) in [5, 5.41) is 10.6. The van der Waals surface area contributed by atoms with E-state index in [9.17, 15) is 23.6 Å². The van der Waals surface area contributed by atoms with Gasteiger partial charge in [0.2, 0.25) is 11.8 Å². The molecular weight excluding hydrogens is 800 g/mol. The molecule has 4 aromatic rings. The number of carbonyl (C=O) groups is 4. The van der Waals surface area contributed by atoms with Crippen LogP contribution in [0.2, 0.25) is 10.0 Å². The number of likely N-dealkylation sites (tertiary alicyclic amines) is 2. The fourth-order valence-corrected chi connectivity index (χ4v) is 9.19. The van der Waals surface area contributed by atoms with Gasteiger partial charge >= 0.3 is 0 Å². The summed E-state index contributed by atoms with van der Waals surface area (Å²) in [6.07, 6.45) is 10.4. The number of rotatable bonds is 14. The summed E-state index contributed by atoms with van der Waals surface area (Å²) in [6, 6.07) is 9.07. The average molecular weight is 847 g/mol. The van der Waals surface area contributed by atoms with Crippen molar-refractivity contribution in [3.05, 3.63) is 87.5 Å². The number of nitrogens with zero attached hydrogens (tertiary/aromatic N) is 6. The van der Waals surface area contributed by atoms with Crippen LogP contribution in [0.15, 0.2) is 55.0 Å². The first kappa shape index (κ1) is 40.7. The monoisotopic (exact) mass is 845 g/mol. The van der Waals surface area contributed by atoms with Crippen molar-refractivity contribution < 1.29 is 28.3 Å². The van der Waals surface area contributed by atoms with E-state index >= 15 is 0 Å². The molecule has 2 unspecified atom stereocenters. The number of imide groups is 2. The van der Waals surface area contributed by atoms with E-state index in [2.05, 4.69) is 30.5 Å². The number of ether oxygens (including phenoxy) is 1. The number of nitrogens with one attached hydrogen (secondary N) is 2. The lowest BCUT2D eigenvalue weighted by molar-refractivity contribution is -0.136. The fourth-order valence-electron chi connectivity index (χ4n) is 8.51. The minimum atomic E-state index is -0.985. The van der Waals surface area contributed by atoms with Gasteiger partial charge in [-0.3, -0.25) is 39.0 Å². The molecule has 59 heavy (non-hydrogen) atoms. The number of hydrogen-bond acceptors (Lipinski definition) is 11.